The third-order valence-corrected chi connectivity index (χ3v) is 4.21. The molecular weight excluding hydrogens is 284 g/mol. The molecule has 7 heteroatoms. The molecule has 1 fully saturated rings. The first kappa shape index (κ1) is 18.3. The lowest BCUT2D eigenvalue weighted by Gasteiger charge is -2.36. The maximum absolute atomic E-state index is 12.5. The van der Waals surface area contributed by atoms with E-state index in [0.717, 1.165) is 12.8 Å². The van der Waals surface area contributed by atoms with Gasteiger partial charge in [0.05, 0.1) is 7.11 Å². The Kier molecular flexibility index (Phi) is 6.64. The zero-order chi connectivity index (χ0) is 16.9. The minimum Gasteiger partial charge on any atom is -0.451 e. The molecule has 0 aliphatic heterocycles. The minimum absolute atomic E-state index is 0.144. The van der Waals surface area contributed by atoms with Gasteiger partial charge >= 0.3 is 12.1 Å². The summed E-state index contributed by atoms with van der Waals surface area (Å²) in [7, 11) is 6.29. The van der Waals surface area contributed by atoms with E-state index in [1.54, 1.807) is 26.0 Å². The van der Waals surface area contributed by atoms with Crippen LogP contribution < -0.4 is 5.32 Å². The lowest BCUT2D eigenvalue weighted by molar-refractivity contribution is 0.179. The van der Waals surface area contributed by atoms with Crippen LogP contribution in [0, 0.1) is 11.8 Å². The molecule has 1 N–H and O–H groups in total. The first-order valence-corrected chi connectivity index (χ1v) is 7.66. The van der Waals surface area contributed by atoms with Crippen molar-refractivity contribution in [2.45, 2.75) is 39.2 Å². The number of carbonyl (C=O) groups excluding carboxylic acids is 2. The Labute approximate surface area is 132 Å². The fourth-order valence-corrected chi connectivity index (χ4v) is 2.90. The lowest BCUT2D eigenvalue weighted by Crippen LogP contribution is -2.53. The van der Waals surface area contributed by atoms with Crippen LogP contribution in [0.2, 0.25) is 0 Å². The maximum Gasteiger partial charge on any atom is 0.436 e. The Morgan fingerprint density at radius 3 is 2.14 bits per heavy atom. The lowest BCUT2D eigenvalue weighted by atomic mass is 9.79. The summed E-state index contributed by atoms with van der Waals surface area (Å²) in [5, 5.41) is 3.07. The second-order valence-corrected chi connectivity index (χ2v) is 6.20. The molecule has 22 heavy (non-hydrogen) atoms. The van der Waals surface area contributed by atoms with Gasteiger partial charge in [0, 0.05) is 27.2 Å². The number of ether oxygens (including phenoxy) is 1. The highest BCUT2D eigenvalue weighted by Crippen LogP contribution is 2.28. The number of nitrogens with one attached hydrogen (secondary N) is 1. The van der Waals surface area contributed by atoms with Crippen LogP contribution in [0.1, 0.15) is 33.1 Å². The number of carbonyl (C=O) groups is 2. The van der Waals surface area contributed by atoms with Gasteiger partial charge < -0.3 is 15.0 Å². The number of methoxy groups -OCH3 is 1. The third-order valence-electron chi connectivity index (χ3n) is 4.21. The molecule has 0 radical (unpaired) electrons. The summed E-state index contributed by atoms with van der Waals surface area (Å²) in [6.07, 6.45) is 2.71. The molecule has 1 saturated carbocycles. The molecule has 1 aliphatic carbocycles. The van der Waals surface area contributed by atoms with Crippen molar-refractivity contribution in [3.05, 3.63) is 0 Å². The summed E-state index contributed by atoms with van der Waals surface area (Å²) in [4.78, 5) is 30.6. The highest BCUT2D eigenvalue weighted by Gasteiger charge is 2.30. The van der Waals surface area contributed by atoms with Crippen LogP contribution in [-0.4, -0.2) is 62.2 Å². The number of hydrogen-bond donors (Lipinski definition) is 1. The van der Waals surface area contributed by atoms with Crippen molar-refractivity contribution in [2.75, 3.05) is 28.3 Å². The van der Waals surface area contributed by atoms with Crippen LogP contribution in [0.4, 0.5) is 9.59 Å². The van der Waals surface area contributed by atoms with Crippen LogP contribution in [0.25, 0.3) is 0 Å². The molecule has 1 aliphatic rings. The van der Waals surface area contributed by atoms with Crippen LogP contribution in [-0.2, 0) is 4.74 Å². The number of guanidine groups is 1. The molecule has 2 atom stereocenters. The van der Waals surface area contributed by atoms with E-state index in [2.05, 4.69) is 28.9 Å². The topological polar surface area (TPSA) is 74.2 Å². The highest BCUT2D eigenvalue weighted by atomic mass is 16.5. The summed E-state index contributed by atoms with van der Waals surface area (Å²) in [5.41, 5.74) is 0. The zero-order valence-electron chi connectivity index (χ0n) is 14.4. The van der Waals surface area contributed by atoms with E-state index in [4.69, 9.17) is 0 Å². The molecular formula is C15H28N4O3. The van der Waals surface area contributed by atoms with Crippen molar-refractivity contribution in [3.8, 4) is 0 Å². The van der Waals surface area contributed by atoms with Gasteiger partial charge in [-0.2, -0.15) is 0 Å². The molecule has 2 unspecified atom stereocenters. The first-order valence-electron chi connectivity index (χ1n) is 7.66. The quantitative estimate of drug-likeness (QED) is 0.594. The molecule has 0 spiro atoms. The Morgan fingerprint density at radius 1 is 1.14 bits per heavy atom. The molecule has 0 aromatic rings. The Balaban J connectivity index is 2.81. The molecule has 7 nitrogen and oxygen atoms in total. The van der Waals surface area contributed by atoms with Gasteiger partial charge in [-0.05, 0) is 24.7 Å². The number of amides is 3. The van der Waals surface area contributed by atoms with Gasteiger partial charge in [0.25, 0.3) is 0 Å². The summed E-state index contributed by atoms with van der Waals surface area (Å²) in [5.74, 6) is 1.13. The summed E-state index contributed by atoms with van der Waals surface area (Å²) in [6.45, 7) is 4.33. The zero-order valence-corrected chi connectivity index (χ0v) is 14.4. The first-order chi connectivity index (χ1) is 10.3. The SMILES string of the molecule is COC(=O)N=C(N(C)C)N(C)C(=O)NC1C(C)CCCC1C. The van der Waals surface area contributed by atoms with Gasteiger partial charge in [0.2, 0.25) is 5.96 Å². The van der Waals surface area contributed by atoms with E-state index < -0.39 is 6.09 Å². The van der Waals surface area contributed by atoms with E-state index in [1.807, 2.05) is 0 Å². The van der Waals surface area contributed by atoms with Crippen LogP contribution in [0.3, 0.4) is 0 Å². The van der Waals surface area contributed by atoms with Crippen molar-refractivity contribution >= 4 is 18.1 Å². The highest BCUT2D eigenvalue weighted by molar-refractivity contribution is 5.99. The molecule has 126 valence electrons. The molecule has 1 rings (SSSR count). The van der Waals surface area contributed by atoms with E-state index in [0.29, 0.717) is 11.8 Å². The molecule has 0 aromatic heterocycles. The number of aliphatic imine (C=N–C) groups is 1. The van der Waals surface area contributed by atoms with Crippen molar-refractivity contribution < 1.29 is 14.3 Å². The second kappa shape index (κ2) is 8.00. The van der Waals surface area contributed by atoms with E-state index >= 15 is 0 Å². The normalized spacial score (nSPS) is 25.4. The minimum atomic E-state index is -0.734. The van der Waals surface area contributed by atoms with Crippen molar-refractivity contribution in [3.63, 3.8) is 0 Å². The van der Waals surface area contributed by atoms with Crippen molar-refractivity contribution in [1.29, 1.82) is 0 Å². The number of urea groups is 1. The van der Waals surface area contributed by atoms with Gasteiger partial charge in [-0.1, -0.05) is 20.3 Å². The predicted octanol–water partition coefficient (Wildman–Crippen LogP) is 2.14. The molecule has 0 saturated heterocycles. The van der Waals surface area contributed by atoms with Gasteiger partial charge in [-0.25, -0.2) is 9.59 Å². The molecule has 0 bridgehead atoms. The van der Waals surface area contributed by atoms with Gasteiger partial charge in [0.1, 0.15) is 0 Å². The van der Waals surface area contributed by atoms with Crippen molar-refractivity contribution in [2.24, 2.45) is 16.8 Å². The van der Waals surface area contributed by atoms with Crippen LogP contribution in [0.15, 0.2) is 4.99 Å². The summed E-state index contributed by atoms with van der Waals surface area (Å²) >= 11 is 0. The predicted molar refractivity (Wildman–Crippen MR) is 85.8 cm³/mol. The number of hydrogen-bond acceptors (Lipinski definition) is 3. The molecule has 0 aromatic carbocycles. The Bertz CT molecular complexity index is 427. The maximum atomic E-state index is 12.5. The summed E-state index contributed by atoms with van der Waals surface area (Å²) in [6, 6.07) is -0.118. The van der Waals surface area contributed by atoms with Crippen LogP contribution in [0.5, 0.6) is 0 Å². The fraction of sp³-hybridized carbons (Fsp3) is 0.800. The van der Waals surface area contributed by atoms with Gasteiger partial charge in [0.15, 0.2) is 0 Å². The third kappa shape index (κ3) is 4.61. The Morgan fingerprint density at radius 2 is 1.68 bits per heavy atom. The smallest absolute Gasteiger partial charge is 0.436 e. The van der Waals surface area contributed by atoms with Gasteiger partial charge in [-0.3, -0.25) is 4.90 Å². The molecule has 3 amide bonds. The van der Waals surface area contributed by atoms with E-state index in [9.17, 15) is 9.59 Å². The molecule has 0 heterocycles. The monoisotopic (exact) mass is 312 g/mol. The fourth-order valence-electron chi connectivity index (χ4n) is 2.90. The van der Waals surface area contributed by atoms with Gasteiger partial charge in [-0.15, -0.1) is 4.99 Å². The number of nitrogens with zero attached hydrogens (tertiary/aromatic N) is 3. The van der Waals surface area contributed by atoms with Crippen molar-refractivity contribution in [1.82, 2.24) is 15.1 Å². The summed E-state index contributed by atoms with van der Waals surface area (Å²) < 4.78 is 4.53. The largest absolute Gasteiger partial charge is 0.451 e. The van der Waals surface area contributed by atoms with E-state index in [1.165, 1.54) is 18.4 Å². The second-order valence-electron chi connectivity index (χ2n) is 6.20. The van der Waals surface area contributed by atoms with E-state index in [-0.39, 0.29) is 18.0 Å². The average Bonchev–Trinajstić information content (AvgIpc) is 2.47. The average molecular weight is 312 g/mol. The standard InChI is InChI=1S/C15H28N4O3/c1-10-8-7-9-11(2)12(10)16-14(20)19(5)13(18(3)4)17-15(21)22-6/h10-12H,7-9H2,1-6H3,(H,16,20). The van der Waals surface area contributed by atoms with Crippen LogP contribution >= 0.6 is 0 Å². The Hall–Kier alpha value is -1.79. The number of rotatable bonds is 1.